The second-order valence-corrected chi connectivity index (χ2v) is 6.59. The van der Waals surface area contributed by atoms with E-state index in [4.69, 9.17) is 19.6 Å². The fourth-order valence-electron chi connectivity index (χ4n) is 3.53. The van der Waals surface area contributed by atoms with Gasteiger partial charge in [-0.1, -0.05) is 13.0 Å². The molecule has 0 aliphatic rings. The smallest absolute Gasteiger partial charge is 0.165 e. The molecule has 0 spiro atoms. The van der Waals surface area contributed by atoms with Gasteiger partial charge in [0.1, 0.15) is 11.6 Å². The largest absolute Gasteiger partial charge is 0.493 e. The van der Waals surface area contributed by atoms with Crippen LogP contribution in [0.15, 0.2) is 36.7 Å². The number of aromatic nitrogens is 5. The average molecular weight is 377 g/mol. The molecule has 144 valence electrons. The third-order valence-corrected chi connectivity index (χ3v) is 4.83. The van der Waals surface area contributed by atoms with Crippen LogP contribution < -0.4 is 9.47 Å². The third-order valence-electron chi connectivity index (χ3n) is 4.83. The predicted octanol–water partition coefficient (Wildman–Crippen LogP) is 3.78. The maximum atomic E-state index is 5.48. The Balaban J connectivity index is 1.98. The zero-order valence-electron chi connectivity index (χ0n) is 16.7. The van der Waals surface area contributed by atoms with Gasteiger partial charge >= 0.3 is 0 Å². The summed E-state index contributed by atoms with van der Waals surface area (Å²) in [5.41, 5.74) is 4.57. The van der Waals surface area contributed by atoms with Crippen molar-refractivity contribution in [2.75, 3.05) is 14.2 Å². The number of imidazole rings is 1. The lowest BCUT2D eigenvalue weighted by molar-refractivity contribution is 0.355. The molecule has 4 rings (SSSR count). The van der Waals surface area contributed by atoms with Gasteiger partial charge in [0.2, 0.25) is 0 Å². The normalized spacial score (nSPS) is 11.2. The van der Waals surface area contributed by atoms with Crippen molar-refractivity contribution in [2.24, 2.45) is 0 Å². The highest BCUT2D eigenvalue weighted by Crippen LogP contribution is 2.35. The summed E-state index contributed by atoms with van der Waals surface area (Å²) in [6, 6.07) is 7.89. The molecule has 0 saturated heterocycles. The highest BCUT2D eigenvalue weighted by Gasteiger charge is 2.19. The minimum Gasteiger partial charge on any atom is -0.493 e. The Morgan fingerprint density at radius 2 is 1.82 bits per heavy atom. The van der Waals surface area contributed by atoms with E-state index in [2.05, 4.69) is 16.5 Å². The first kappa shape index (κ1) is 18.0. The number of rotatable bonds is 5. The second kappa shape index (κ2) is 6.99. The van der Waals surface area contributed by atoms with Crippen molar-refractivity contribution in [3.8, 4) is 28.4 Å². The molecule has 0 unspecified atom stereocenters. The fraction of sp³-hybridized carbons (Fsp3) is 0.286. The average Bonchev–Trinajstić information content (AvgIpc) is 3.30. The van der Waals surface area contributed by atoms with Gasteiger partial charge in [0.15, 0.2) is 17.1 Å². The Kier molecular flexibility index (Phi) is 4.50. The first-order valence-electron chi connectivity index (χ1n) is 9.19. The molecular weight excluding hydrogens is 354 g/mol. The van der Waals surface area contributed by atoms with Crippen LogP contribution in [0.4, 0.5) is 0 Å². The van der Waals surface area contributed by atoms with Crippen molar-refractivity contribution < 1.29 is 9.47 Å². The molecule has 0 amide bonds. The van der Waals surface area contributed by atoms with Crippen molar-refractivity contribution in [3.63, 3.8) is 0 Å². The molecule has 0 bridgehead atoms. The standard InChI is InChI=1S/C21H23N5O2/c1-6-18-22-9-10-25(18)19-11-13(2)23-21-20(14(3)24-26(19)21)15-7-8-16(27-4)17(12-15)28-5/h7-12H,6H2,1-5H3. The van der Waals surface area contributed by atoms with Crippen LogP contribution >= 0.6 is 0 Å². The number of methoxy groups -OCH3 is 2. The molecule has 0 N–H and O–H groups in total. The van der Waals surface area contributed by atoms with Crippen molar-refractivity contribution in [2.45, 2.75) is 27.2 Å². The van der Waals surface area contributed by atoms with Gasteiger partial charge in [-0.15, -0.1) is 0 Å². The Labute approximate surface area is 163 Å². The lowest BCUT2D eigenvalue weighted by Gasteiger charge is -2.11. The zero-order chi connectivity index (χ0) is 19.8. The Bertz CT molecular complexity index is 1160. The highest BCUT2D eigenvalue weighted by atomic mass is 16.5. The molecule has 0 aliphatic heterocycles. The maximum Gasteiger partial charge on any atom is 0.165 e. The second-order valence-electron chi connectivity index (χ2n) is 6.59. The van der Waals surface area contributed by atoms with E-state index >= 15 is 0 Å². The molecule has 28 heavy (non-hydrogen) atoms. The molecule has 0 saturated carbocycles. The first-order chi connectivity index (χ1) is 13.6. The summed E-state index contributed by atoms with van der Waals surface area (Å²) in [5, 5.41) is 4.79. The zero-order valence-corrected chi connectivity index (χ0v) is 16.7. The van der Waals surface area contributed by atoms with Crippen LogP contribution in [0.3, 0.4) is 0 Å². The minimum absolute atomic E-state index is 0.675. The van der Waals surface area contributed by atoms with E-state index in [0.717, 1.165) is 46.2 Å². The van der Waals surface area contributed by atoms with Crippen molar-refractivity contribution >= 4 is 5.65 Å². The van der Waals surface area contributed by atoms with Crippen LogP contribution in [0.5, 0.6) is 11.5 Å². The lowest BCUT2D eigenvalue weighted by Crippen LogP contribution is -2.08. The molecule has 0 radical (unpaired) electrons. The number of fused-ring (bicyclic) bond motifs is 1. The SMILES string of the molecule is CCc1nccn1-c1cc(C)nc2c(-c3ccc(OC)c(OC)c3)c(C)nn12. The minimum atomic E-state index is 0.675. The monoisotopic (exact) mass is 377 g/mol. The molecule has 7 heteroatoms. The molecule has 0 atom stereocenters. The molecule has 0 fully saturated rings. The van der Waals surface area contributed by atoms with E-state index in [1.54, 1.807) is 14.2 Å². The molecule has 7 nitrogen and oxygen atoms in total. The van der Waals surface area contributed by atoms with Crippen LogP contribution in [-0.2, 0) is 6.42 Å². The molecule has 1 aromatic carbocycles. The van der Waals surface area contributed by atoms with E-state index in [0.29, 0.717) is 11.5 Å². The van der Waals surface area contributed by atoms with Crippen molar-refractivity contribution in [1.29, 1.82) is 0 Å². The van der Waals surface area contributed by atoms with Crippen molar-refractivity contribution in [1.82, 2.24) is 24.1 Å². The van der Waals surface area contributed by atoms with E-state index in [-0.39, 0.29) is 0 Å². The summed E-state index contributed by atoms with van der Waals surface area (Å²) >= 11 is 0. The van der Waals surface area contributed by atoms with Gasteiger partial charge in [0.05, 0.1) is 19.9 Å². The molecule has 0 aliphatic carbocycles. The number of hydrogen-bond acceptors (Lipinski definition) is 5. The summed E-state index contributed by atoms with van der Waals surface area (Å²) in [7, 11) is 3.27. The van der Waals surface area contributed by atoms with Crippen LogP contribution in [0.2, 0.25) is 0 Å². The van der Waals surface area contributed by atoms with E-state index in [9.17, 15) is 0 Å². The predicted molar refractivity (Wildman–Crippen MR) is 108 cm³/mol. The third kappa shape index (κ3) is 2.79. The van der Waals surface area contributed by atoms with Gasteiger partial charge in [0.25, 0.3) is 0 Å². The van der Waals surface area contributed by atoms with E-state index < -0.39 is 0 Å². The quantitative estimate of drug-likeness (QED) is 0.529. The van der Waals surface area contributed by atoms with Crippen LogP contribution in [0, 0.1) is 13.8 Å². The van der Waals surface area contributed by atoms with Gasteiger partial charge in [0, 0.05) is 36.1 Å². The molecule has 4 aromatic rings. The van der Waals surface area contributed by atoms with Gasteiger partial charge in [-0.2, -0.15) is 9.61 Å². The summed E-state index contributed by atoms with van der Waals surface area (Å²) < 4.78 is 14.8. The van der Waals surface area contributed by atoms with Crippen LogP contribution in [0.25, 0.3) is 22.6 Å². The molecular formula is C21H23N5O2. The topological polar surface area (TPSA) is 66.5 Å². The maximum absolute atomic E-state index is 5.48. The Morgan fingerprint density at radius 3 is 2.54 bits per heavy atom. The fourth-order valence-corrected chi connectivity index (χ4v) is 3.53. The molecule has 3 aromatic heterocycles. The number of ether oxygens (including phenoxy) is 2. The van der Waals surface area contributed by atoms with Gasteiger partial charge in [-0.25, -0.2) is 9.97 Å². The number of aryl methyl sites for hydroxylation is 3. The number of nitrogens with zero attached hydrogens (tertiary/aromatic N) is 5. The first-order valence-corrected chi connectivity index (χ1v) is 9.19. The number of benzene rings is 1. The van der Waals surface area contributed by atoms with Gasteiger partial charge < -0.3 is 9.47 Å². The highest BCUT2D eigenvalue weighted by molar-refractivity contribution is 5.81. The van der Waals surface area contributed by atoms with Gasteiger partial charge in [-0.3, -0.25) is 4.57 Å². The van der Waals surface area contributed by atoms with Gasteiger partial charge in [-0.05, 0) is 31.5 Å². The Hall–Kier alpha value is -3.35. The summed E-state index contributed by atoms with van der Waals surface area (Å²) in [5.74, 6) is 3.27. The van der Waals surface area contributed by atoms with Crippen molar-refractivity contribution in [3.05, 3.63) is 53.9 Å². The lowest BCUT2D eigenvalue weighted by atomic mass is 10.1. The summed E-state index contributed by atoms with van der Waals surface area (Å²) in [4.78, 5) is 9.24. The summed E-state index contributed by atoms with van der Waals surface area (Å²) in [6.07, 6.45) is 4.60. The Morgan fingerprint density at radius 1 is 1.04 bits per heavy atom. The molecule has 3 heterocycles. The summed E-state index contributed by atoms with van der Waals surface area (Å²) in [6.45, 7) is 6.08. The van der Waals surface area contributed by atoms with Crippen LogP contribution in [0.1, 0.15) is 24.1 Å². The van der Waals surface area contributed by atoms with E-state index in [1.165, 1.54) is 0 Å². The van der Waals surface area contributed by atoms with Crippen LogP contribution in [-0.4, -0.2) is 38.4 Å². The van der Waals surface area contributed by atoms with E-state index in [1.807, 2.05) is 55.0 Å². The number of hydrogen-bond donors (Lipinski definition) is 0.